The van der Waals surface area contributed by atoms with Crippen LogP contribution in [-0.2, 0) is 18.4 Å². The molecule has 5 nitrogen and oxygen atoms in total. The third-order valence-corrected chi connectivity index (χ3v) is 5.44. The van der Waals surface area contributed by atoms with Crippen LogP contribution in [-0.4, -0.2) is 15.5 Å². The molecule has 0 aliphatic carbocycles. The Balaban J connectivity index is 1.64. The molecule has 1 aliphatic heterocycles. The summed E-state index contributed by atoms with van der Waals surface area (Å²) in [6.07, 6.45) is 1.72. The van der Waals surface area contributed by atoms with Gasteiger partial charge in [0.1, 0.15) is 5.82 Å². The Morgan fingerprint density at radius 2 is 1.57 bits per heavy atom. The van der Waals surface area contributed by atoms with Crippen LogP contribution in [0, 0.1) is 0 Å². The van der Waals surface area contributed by atoms with E-state index in [1.54, 1.807) is 24.1 Å². The second-order valence-corrected chi connectivity index (χ2v) is 7.30. The number of carbonyl (C=O) groups excluding carboxylic acids is 1. The summed E-state index contributed by atoms with van der Waals surface area (Å²) in [4.78, 5) is 32.5. The van der Waals surface area contributed by atoms with Crippen LogP contribution in [0.3, 0.4) is 0 Å². The number of anilines is 1. The molecular formula is C25H19N3O2. The number of hydrogen-bond acceptors (Lipinski definition) is 3. The van der Waals surface area contributed by atoms with Crippen molar-refractivity contribution in [3.63, 3.8) is 0 Å². The van der Waals surface area contributed by atoms with E-state index in [0.717, 1.165) is 16.8 Å². The summed E-state index contributed by atoms with van der Waals surface area (Å²) >= 11 is 0. The van der Waals surface area contributed by atoms with Crippen LogP contribution >= 0.6 is 0 Å². The predicted octanol–water partition coefficient (Wildman–Crippen LogP) is 4.02. The summed E-state index contributed by atoms with van der Waals surface area (Å²) < 4.78 is 1.49. The molecule has 0 saturated heterocycles. The van der Waals surface area contributed by atoms with Gasteiger partial charge < -0.3 is 4.90 Å². The SMILES string of the molecule is Cn1c(/C=C2\C(=O)N(Cc3ccccc3)c3ccccc32)nc2ccccc2c1=O. The topological polar surface area (TPSA) is 55.2 Å². The van der Waals surface area contributed by atoms with E-state index in [4.69, 9.17) is 0 Å². The molecule has 4 aromatic rings. The molecule has 0 spiro atoms. The van der Waals surface area contributed by atoms with Gasteiger partial charge in [-0.1, -0.05) is 60.7 Å². The van der Waals surface area contributed by atoms with E-state index in [1.165, 1.54) is 4.57 Å². The van der Waals surface area contributed by atoms with Gasteiger partial charge in [0.05, 0.1) is 28.7 Å². The molecule has 0 N–H and O–H groups in total. The van der Waals surface area contributed by atoms with Crippen molar-refractivity contribution in [3.8, 4) is 0 Å². The Hall–Kier alpha value is -3.99. The van der Waals surface area contributed by atoms with Crippen molar-refractivity contribution in [2.45, 2.75) is 6.54 Å². The average molecular weight is 393 g/mol. The zero-order valence-corrected chi connectivity index (χ0v) is 16.4. The summed E-state index contributed by atoms with van der Waals surface area (Å²) in [5.74, 6) is 0.362. The molecular weight excluding hydrogens is 374 g/mol. The number of rotatable bonds is 3. The third kappa shape index (κ3) is 2.92. The van der Waals surface area contributed by atoms with E-state index >= 15 is 0 Å². The van der Waals surface area contributed by atoms with Crippen molar-refractivity contribution in [3.05, 3.63) is 106 Å². The molecule has 0 bridgehead atoms. The van der Waals surface area contributed by atoms with Crippen molar-refractivity contribution < 1.29 is 4.79 Å². The molecule has 146 valence electrons. The number of fused-ring (bicyclic) bond motifs is 2. The first kappa shape index (κ1) is 18.1. The summed E-state index contributed by atoms with van der Waals surface area (Å²) in [5.41, 5.74) is 3.79. The minimum atomic E-state index is -0.132. The van der Waals surface area contributed by atoms with Crippen molar-refractivity contribution in [1.29, 1.82) is 0 Å². The molecule has 0 unspecified atom stereocenters. The normalized spacial score (nSPS) is 14.5. The van der Waals surface area contributed by atoms with Crippen molar-refractivity contribution >= 4 is 34.1 Å². The fourth-order valence-corrected chi connectivity index (χ4v) is 3.86. The van der Waals surface area contributed by atoms with Gasteiger partial charge in [-0.25, -0.2) is 4.98 Å². The first-order valence-electron chi connectivity index (χ1n) is 9.76. The van der Waals surface area contributed by atoms with Gasteiger partial charge in [0, 0.05) is 12.6 Å². The maximum Gasteiger partial charge on any atom is 0.261 e. The maximum atomic E-state index is 13.4. The van der Waals surface area contributed by atoms with Gasteiger partial charge in [-0.15, -0.1) is 0 Å². The molecule has 1 amide bonds. The van der Waals surface area contributed by atoms with Crippen molar-refractivity contribution in [2.75, 3.05) is 4.90 Å². The molecule has 2 heterocycles. The van der Waals surface area contributed by atoms with E-state index in [2.05, 4.69) is 4.98 Å². The van der Waals surface area contributed by atoms with Crippen LogP contribution in [0.25, 0.3) is 22.6 Å². The zero-order valence-electron chi connectivity index (χ0n) is 16.4. The molecule has 3 aromatic carbocycles. The highest BCUT2D eigenvalue weighted by Gasteiger charge is 2.32. The standard InChI is InChI=1S/C25H19N3O2/c1-27-23(26-21-13-7-5-12-19(21)24(27)29)15-20-18-11-6-8-14-22(18)28(25(20)30)16-17-9-3-2-4-10-17/h2-15H,16H2,1H3/b20-15-. The van der Waals surface area contributed by atoms with E-state index in [-0.39, 0.29) is 11.5 Å². The summed E-state index contributed by atoms with van der Waals surface area (Å²) in [6, 6.07) is 24.9. The highest BCUT2D eigenvalue weighted by molar-refractivity contribution is 6.35. The quantitative estimate of drug-likeness (QED) is 0.494. The number of nitrogens with zero attached hydrogens (tertiary/aromatic N) is 3. The Morgan fingerprint density at radius 3 is 2.40 bits per heavy atom. The van der Waals surface area contributed by atoms with Crippen molar-refractivity contribution in [1.82, 2.24) is 9.55 Å². The van der Waals surface area contributed by atoms with Gasteiger partial charge in [-0.2, -0.15) is 0 Å². The van der Waals surface area contributed by atoms with E-state index < -0.39 is 0 Å². The number of para-hydroxylation sites is 2. The first-order chi connectivity index (χ1) is 14.6. The molecule has 0 saturated carbocycles. The minimum absolute atomic E-state index is 0.0949. The average Bonchev–Trinajstić information content (AvgIpc) is 3.04. The lowest BCUT2D eigenvalue weighted by Gasteiger charge is -2.17. The molecule has 0 atom stereocenters. The van der Waals surface area contributed by atoms with Gasteiger partial charge >= 0.3 is 0 Å². The van der Waals surface area contributed by atoms with Gasteiger partial charge in [-0.05, 0) is 29.8 Å². The molecule has 30 heavy (non-hydrogen) atoms. The number of carbonyl (C=O) groups is 1. The monoisotopic (exact) mass is 393 g/mol. The highest BCUT2D eigenvalue weighted by atomic mass is 16.2. The van der Waals surface area contributed by atoms with Crippen LogP contribution in [0.15, 0.2) is 83.7 Å². The smallest absolute Gasteiger partial charge is 0.261 e. The lowest BCUT2D eigenvalue weighted by molar-refractivity contribution is -0.113. The van der Waals surface area contributed by atoms with Gasteiger partial charge in [0.2, 0.25) is 0 Å². The van der Waals surface area contributed by atoms with Crippen molar-refractivity contribution in [2.24, 2.45) is 7.05 Å². The predicted molar refractivity (Wildman–Crippen MR) is 119 cm³/mol. The number of aromatic nitrogens is 2. The Kier molecular flexibility index (Phi) is 4.29. The number of amides is 1. The number of benzene rings is 3. The van der Waals surface area contributed by atoms with Crippen LogP contribution < -0.4 is 10.5 Å². The van der Waals surface area contributed by atoms with Gasteiger partial charge in [-0.3, -0.25) is 14.2 Å². The fourth-order valence-electron chi connectivity index (χ4n) is 3.86. The maximum absolute atomic E-state index is 13.4. The summed E-state index contributed by atoms with van der Waals surface area (Å²) in [7, 11) is 1.68. The second-order valence-electron chi connectivity index (χ2n) is 7.30. The summed E-state index contributed by atoms with van der Waals surface area (Å²) in [6.45, 7) is 0.484. The lowest BCUT2D eigenvalue weighted by Crippen LogP contribution is -2.26. The van der Waals surface area contributed by atoms with E-state index in [1.807, 2.05) is 72.8 Å². The lowest BCUT2D eigenvalue weighted by atomic mass is 10.1. The zero-order chi connectivity index (χ0) is 20.7. The molecule has 1 aliphatic rings. The van der Waals surface area contributed by atoms with Crippen LogP contribution in [0.2, 0.25) is 0 Å². The van der Waals surface area contributed by atoms with E-state index in [0.29, 0.717) is 28.8 Å². The first-order valence-corrected chi connectivity index (χ1v) is 9.76. The van der Waals surface area contributed by atoms with E-state index in [9.17, 15) is 9.59 Å². The largest absolute Gasteiger partial charge is 0.303 e. The second kappa shape index (κ2) is 7.12. The Labute approximate surface area is 173 Å². The number of hydrogen-bond donors (Lipinski definition) is 0. The summed E-state index contributed by atoms with van der Waals surface area (Å²) in [5, 5.41) is 0.561. The molecule has 5 rings (SSSR count). The molecule has 1 aromatic heterocycles. The highest BCUT2D eigenvalue weighted by Crippen LogP contribution is 2.38. The van der Waals surface area contributed by atoms with Gasteiger partial charge in [0.15, 0.2) is 0 Å². The Morgan fingerprint density at radius 1 is 0.867 bits per heavy atom. The molecule has 5 heteroatoms. The fraction of sp³-hybridized carbons (Fsp3) is 0.0800. The van der Waals surface area contributed by atoms with Crippen LogP contribution in [0.4, 0.5) is 5.69 Å². The Bertz CT molecular complexity index is 1370. The van der Waals surface area contributed by atoms with Gasteiger partial charge in [0.25, 0.3) is 11.5 Å². The van der Waals surface area contributed by atoms with Crippen LogP contribution in [0.5, 0.6) is 0 Å². The minimum Gasteiger partial charge on any atom is -0.303 e. The molecule has 0 fully saturated rings. The third-order valence-electron chi connectivity index (χ3n) is 5.44. The molecule has 0 radical (unpaired) electrons. The van der Waals surface area contributed by atoms with Crippen LogP contribution in [0.1, 0.15) is 17.0 Å².